The lowest BCUT2D eigenvalue weighted by Crippen LogP contribution is -2.48. The molecule has 0 saturated carbocycles. The Bertz CT molecular complexity index is 802. The van der Waals surface area contributed by atoms with Crippen molar-refractivity contribution in [2.75, 3.05) is 51.0 Å². The van der Waals surface area contributed by atoms with Crippen molar-refractivity contribution in [3.63, 3.8) is 0 Å². The zero-order chi connectivity index (χ0) is 19.2. The first kappa shape index (κ1) is 19.1. The summed E-state index contributed by atoms with van der Waals surface area (Å²) in [7, 11) is 3.62. The third-order valence-corrected chi connectivity index (χ3v) is 5.06. The van der Waals surface area contributed by atoms with Crippen LogP contribution in [0.5, 0.6) is 5.75 Å². The Morgan fingerprint density at radius 1 is 1.22 bits per heavy atom. The van der Waals surface area contributed by atoms with Crippen LogP contribution in [0.2, 0.25) is 0 Å². The zero-order valence-electron chi connectivity index (χ0n) is 15.4. The highest BCUT2D eigenvalue weighted by Gasteiger charge is 2.20. The van der Waals surface area contributed by atoms with E-state index in [-0.39, 0.29) is 18.4 Å². The van der Waals surface area contributed by atoms with Crippen LogP contribution in [0.15, 0.2) is 29.6 Å². The van der Waals surface area contributed by atoms with E-state index in [1.54, 1.807) is 29.5 Å². The molecule has 1 aromatic heterocycles. The third kappa shape index (κ3) is 5.41. The molecule has 0 bridgehead atoms. The normalized spacial score (nSPS) is 14.7. The topological polar surface area (TPSA) is 86.8 Å². The van der Waals surface area contributed by atoms with Crippen LogP contribution in [0, 0.1) is 0 Å². The van der Waals surface area contributed by atoms with Crippen molar-refractivity contribution < 1.29 is 14.3 Å². The first-order valence-corrected chi connectivity index (χ1v) is 9.54. The molecular formula is C18H23N5O3S. The number of rotatable bonds is 5. The van der Waals surface area contributed by atoms with Crippen LogP contribution in [0.3, 0.4) is 0 Å². The number of hydrogen-bond donors (Lipinski definition) is 2. The number of amides is 3. The van der Waals surface area contributed by atoms with Gasteiger partial charge in [-0.2, -0.15) is 0 Å². The summed E-state index contributed by atoms with van der Waals surface area (Å²) in [4.78, 5) is 32.8. The number of carbonyl (C=O) groups is 2. The van der Waals surface area contributed by atoms with Gasteiger partial charge in [-0.05, 0) is 19.2 Å². The lowest BCUT2D eigenvalue weighted by Gasteiger charge is -2.32. The molecule has 144 valence electrons. The van der Waals surface area contributed by atoms with Crippen LogP contribution in [0.4, 0.5) is 15.6 Å². The third-order valence-electron chi connectivity index (χ3n) is 4.25. The predicted octanol–water partition coefficient (Wildman–Crippen LogP) is 2.11. The van der Waals surface area contributed by atoms with E-state index in [1.807, 2.05) is 19.2 Å². The summed E-state index contributed by atoms with van der Waals surface area (Å²) < 4.78 is 5.14. The molecule has 3 amide bonds. The maximum atomic E-state index is 12.3. The summed E-state index contributed by atoms with van der Waals surface area (Å²) in [6.45, 7) is 3.12. The molecule has 0 radical (unpaired) electrons. The predicted molar refractivity (Wildman–Crippen MR) is 106 cm³/mol. The SMILES string of the molecule is COc1cccc(NC(=O)Cc2csc(NC(=O)N3CCN(C)CC3)n2)c1. The number of piperazine rings is 1. The fourth-order valence-corrected chi connectivity index (χ4v) is 3.40. The van der Waals surface area contributed by atoms with E-state index in [2.05, 4.69) is 20.5 Å². The average Bonchev–Trinajstić information content (AvgIpc) is 3.08. The number of thiazole rings is 1. The van der Waals surface area contributed by atoms with E-state index in [1.165, 1.54) is 11.3 Å². The number of nitrogens with one attached hydrogen (secondary N) is 2. The molecule has 27 heavy (non-hydrogen) atoms. The van der Waals surface area contributed by atoms with E-state index in [0.29, 0.717) is 35.4 Å². The van der Waals surface area contributed by atoms with E-state index >= 15 is 0 Å². The quantitative estimate of drug-likeness (QED) is 0.818. The lowest BCUT2D eigenvalue weighted by atomic mass is 10.2. The number of benzene rings is 1. The summed E-state index contributed by atoms with van der Waals surface area (Å²) >= 11 is 1.32. The zero-order valence-corrected chi connectivity index (χ0v) is 16.2. The smallest absolute Gasteiger partial charge is 0.323 e. The van der Waals surface area contributed by atoms with Gasteiger partial charge in [0.05, 0.1) is 19.2 Å². The van der Waals surface area contributed by atoms with Gasteiger partial charge in [0.15, 0.2) is 5.13 Å². The number of anilines is 2. The minimum absolute atomic E-state index is 0.137. The standard InChI is InChI=1S/C18H23N5O3S/c1-22-6-8-23(9-7-22)18(25)21-17-20-14(12-27-17)11-16(24)19-13-4-3-5-15(10-13)26-2/h3-5,10,12H,6-9,11H2,1-2H3,(H,19,24)(H,20,21,25). The summed E-state index contributed by atoms with van der Waals surface area (Å²) in [5, 5.41) is 7.91. The Hall–Kier alpha value is -2.65. The number of likely N-dealkylation sites (N-methyl/N-ethyl adjacent to an activating group) is 1. The summed E-state index contributed by atoms with van der Waals surface area (Å²) in [6, 6.07) is 7.02. The molecule has 2 aromatic rings. The summed E-state index contributed by atoms with van der Waals surface area (Å²) in [5.74, 6) is 0.501. The van der Waals surface area contributed by atoms with Gasteiger partial charge in [-0.3, -0.25) is 10.1 Å². The fraction of sp³-hybridized carbons (Fsp3) is 0.389. The van der Waals surface area contributed by atoms with E-state index < -0.39 is 0 Å². The molecule has 1 aromatic carbocycles. The maximum Gasteiger partial charge on any atom is 0.323 e. The highest BCUT2D eigenvalue weighted by atomic mass is 32.1. The van der Waals surface area contributed by atoms with E-state index in [0.717, 1.165) is 13.1 Å². The first-order valence-electron chi connectivity index (χ1n) is 8.66. The molecule has 8 nitrogen and oxygen atoms in total. The number of urea groups is 1. The van der Waals surface area contributed by atoms with Crippen LogP contribution in [0.1, 0.15) is 5.69 Å². The molecule has 0 unspecified atom stereocenters. The van der Waals surface area contributed by atoms with Gasteiger partial charge >= 0.3 is 6.03 Å². The maximum absolute atomic E-state index is 12.3. The Balaban J connectivity index is 1.51. The summed E-state index contributed by atoms with van der Waals surface area (Å²) in [5.41, 5.74) is 1.28. The van der Waals surface area contributed by atoms with Crippen molar-refractivity contribution in [2.24, 2.45) is 0 Å². The monoisotopic (exact) mass is 389 g/mol. The Kier molecular flexibility index (Phi) is 6.25. The van der Waals surface area contributed by atoms with Crippen molar-refractivity contribution in [1.29, 1.82) is 0 Å². The number of nitrogens with zero attached hydrogens (tertiary/aromatic N) is 3. The van der Waals surface area contributed by atoms with Crippen LogP contribution in [-0.2, 0) is 11.2 Å². The molecule has 1 aliphatic heterocycles. The molecule has 9 heteroatoms. The Morgan fingerprint density at radius 3 is 2.74 bits per heavy atom. The Morgan fingerprint density at radius 2 is 2.00 bits per heavy atom. The molecule has 0 atom stereocenters. The number of aromatic nitrogens is 1. The van der Waals surface area contributed by atoms with Crippen molar-refractivity contribution in [2.45, 2.75) is 6.42 Å². The van der Waals surface area contributed by atoms with E-state index in [9.17, 15) is 9.59 Å². The minimum Gasteiger partial charge on any atom is -0.497 e. The van der Waals surface area contributed by atoms with Crippen molar-refractivity contribution in [1.82, 2.24) is 14.8 Å². The molecule has 2 N–H and O–H groups in total. The van der Waals surface area contributed by atoms with Crippen LogP contribution < -0.4 is 15.4 Å². The highest BCUT2D eigenvalue weighted by molar-refractivity contribution is 7.13. The molecule has 1 saturated heterocycles. The van der Waals surface area contributed by atoms with Crippen LogP contribution >= 0.6 is 11.3 Å². The molecule has 3 rings (SSSR count). The first-order chi connectivity index (χ1) is 13.0. The van der Waals surface area contributed by atoms with Crippen molar-refractivity contribution >= 4 is 34.1 Å². The van der Waals surface area contributed by atoms with Gasteiger partial charge < -0.3 is 19.9 Å². The second-order valence-electron chi connectivity index (χ2n) is 6.32. The summed E-state index contributed by atoms with van der Waals surface area (Å²) in [6.07, 6.45) is 0.137. The minimum atomic E-state index is -0.175. The fourth-order valence-electron chi connectivity index (χ4n) is 2.70. The Labute approximate surface area is 162 Å². The second-order valence-corrected chi connectivity index (χ2v) is 7.18. The van der Waals surface area contributed by atoms with E-state index in [4.69, 9.17) is 4.74 Å². The number of ether oxygens (including phenoxy) is 1. The van der Waals surface area contributed by atoms with Gasteiger partial charge in [-0.15, -0.1) is 11.3 Å². The molecular weight excluding hydrogens is 366 g/mol. The van der Waals surface area contributed by atoms with Gasteiger partial charge in [0.1, 0.15) is 5.75 Å². The molecule has 1 fully saturated rings. The van der Waals surface area contributed by atoms with Gasteiger partial charge in [0.2, 0.25) is 5.91 Å². The average molecular weight is 389 g/mol. The number of methoxy groups -OCH3 is 1. The van der Waals surface area contributed by atoms with Crippen molar-refractivity contribution in [3.05, 3.63) is 35.3 Å². The van der Waals surface area contributed by atoms with Crippen LogP contribution in [0.25, 0.3) is 0 Å². The highest BCUT2D eigenvalue weighted by Crippen LogP contribution is 2.19. The lowest BCUT2D eigenvalue weighted by molar-refractivity contribution is -0.115. The van der Waals surface area contributed by atoms with Gasteiger partial charge in [0, 0.05) is 43.3 Å². The van der Waals surface area contributed by atoms with Gasteiger partial charge in [-0.25, -0.2) is 9.78 Å². The van der Waals surface area contributed by atoms with Crippen LogP contribution in [-0.4, -0.2) is 67.1 Å². The number of hydrogen-bond acceptors (Lipinski definition) is 6. The second kappa shape index (κ2) is 8.83. The largest absolute Gasteiger partial charge is 0.497 e. The number of carbonyl (C=O) groups excluding carboxylic acids is 2. The van der Waals surface area contributed by atoms with Gasteiger partial charge in [0.25, 0.3) is 0 Å². The molecule has 0 spiro atoms. The van der Waals surface area contributed by atoms with Gasteiger partial charge in [-0.1, -0.05) is 6.07 Å². The molecule has 1 aliphatic rings. The van der Waals surface area contributed by atoms with Crippen molar-refractivity contribution in [3.8, 4) is 5.75 Å². The molecule has 0 aliphatic carbocycles. The molecule has 2 heterocycles.